The molecule has 0 amide bonds. The van der Waals surface area contributed by atoms with Crippen LogP contribution in [0.4, 0.5) is 5.69 Å². The van der Waals surface area contributed by atoms with Crippen LogP contribution < -0.4 is 5.73 Å². The number of phenols is 2. The number of anilines is 1. The highest BCUT2D eigenvalue weighted by Crippen LogP contribution is 2.42. The van der Waals surface area contributed by atoms with E-state index in [2.05, 4.69) is 0 Å². The van der Waals surface area contributed by atoms with Gasteiger partial charge in [0.25, 0.3) is 5.78 Å². The summed E-state index contributed by atoms with van der Waals surface area (Å²) in [6.45, 7) is 0. The highest BCUT2D eigenvalue weighted by molar-refractivity contribution is 6.42. The van der Waals surface area contributed by atoms with Gasteiger partial charge in [-0.15, -0.1) is 0 Å². The van der Waals surface area contributed by atoms with Crippen molar-refractivity contribution in [2.45, 2.75) is 0 Å². The maximum Gasteiger partial charge on any atom is 0.376 e. The van der Waals surface area contributed by atoms with Gasteiger partial charge in [-0.05, 0) is 12.1 Å². The van der Waals surface area contributed by atoms with E-state index in [1.54, 1.807) is 0 Å². The fraction of sp³-hybridized carbons (Fsp3) is 0. The van der Waals surface area contributed by atoms with Gasteiger partial charge in [0, 0.05) is 16.7 Å². The number of nitrogen functional groups attached to an aromatic ring is 1. The number of rotatable bonds is 4. The number of hydrogen-bond donors (Lipinski definition) is 5. The standard InChI is InChI=1S/C12H9Cl2NO6/c13-4(2-8(17)12(20)21)1-7(16)5-3-6(14)10(18)11(19)9(5)15/h1-3,16,18-19H,15H2,(H,20,21). The number of aliphatic hydroxyl groups is 1. The zero-order chi connectivity index (χ0) is 16.3. The molecule has 0 radical (unpaired) electrons. The predicted octanol–water partition coefficient (Wildman–Crippen LogP) is 2.01. The van der Waals surface area contributed by atoms with Crippen molar-refractivity contribution in [3.63, 3.8) is 0 Å². The zero-order valence-corrected chi connectivity index (χ0v) is 11.7. The number of halogens is 2. The van der Waals surface area contributed by atoms with Crippen molar-refractivity contribution in [2.24, 2.45) is 0 Å². The van der Waals surface area contributed by atoms with Gasteiger partial charge in [0.15, 0.2) is 11.5 Å². The van der Waals surface area contributed by atoms with Gasteiger partial charge >= 0.3 is 5.97 Å². The molecule has 6 N–H and O–H groups in total. The molecule has 0 spiro atoms. The average Bonchev–Trinajstić information content (AvgIpc) is 2.39. The second-order valence-electron chi connectivity index (χ2n) is 3.75. The molecule has 0 unspecified atom stereocenters. The van der Waals surface area contributed by atoms with E-state index >= 15 is 0 Å². The summed E-state index contributed by atoms with van der Waals surface area (Å²) in [5, 5.41) is 36.4. The minimum Gasteiger partial charge on any atom is -0.507 e. The number of carbonyl (C=O) groups is 2. The maximum atomic E-state index is 10.9. The second kappa shape index (κ2) is 6.38. The van der Waals surface area contributed by atoms with Crippen LogP contribution in [0.5, 0.6) is 11.5 Å². The van der Waals surface area contributed by atoms with Gasteiger partial charge in [-0.1, -0.05) is 23.2 Å². The largest absolute Gasteiger partial charge is 0.507 e. The summed E-state index contributed by atoms with van der Waals surface area (Å²) in [6.07, 6.45) is 1.40. The second-order valence-corrected chi connectivity index (χ2v) is 4.59. The number of ketones is 1. The number of aliphatic hydroxyl groups excluding tert-OH is 1. The van der Waals surface area contributed by atoms with E-state index in [1.807, 2.05) is 0 Å². The highest BCUT2D eigenvalue weighted by Gasteiger charge is 2.16. The fourth-order valence-electron chi connectivity index (χ4n) is 1.29. The van der Waals surface area contributed by atoms with Crippen molar-refractivity contribution < 1.29 is 30.0 Å². The number of hydrogen-bond acceptors (Lipinski definition) is 6. The summed E-state index contributed by atoms with van der Waals surface area (Å²) in [7, 11) is 0. The van der Waals surface area contributed by atoms with E-state index < -0.39 is 29.0 Å². The number of carbonyl (C=O) groups excluding carboxylic acids is 1. The van der Waals surface area contributed by atoms with Crippen LogP contribution in [0.3, 0.4) is 0 Å². The summed E-state index contributed by atoms with van der Waals surface area (Å²) < 4.78 is 0. The summed E-state index contributed by atoms with van der Waals surface area (Å²) in [5.41, 5.74) is 4.95. The Morgan fingerprint density at radius 3 is 2.24 bits per heavy atom. The average molecular weight is 334 g/mol. The minimum atomic E-state index is -1.72. The molecule has 0 aromatic heterocycles. The van der Waals surface area contributed by atoms with Crippen molar-refractivity contribution in [3.05, 3.63) is 33.8 Å². The maximum absolute atomic E-state index is 10.9. The van der Waals surface area contributed by atoms with Crippen LogP contribution in [0.1, 0.15) is 5.56 Å². The summed E-state index contributed by atoms with van der Waals surface area (Å²) in [5.74, 6) is -4.99. The first kappa shape index (κ1) is 16.7. The van der Waals surface area contributed by atoms with E-state index in [4.69, 9.17) is 34.0 Å². The Hall–Kier alpha value is -2.38. The molecule has 1 aromatic rings. The van der Waals surface area contributed by atoms with E-state index in [0.29, 0.717) is 6.08 Å². The Labute approximate surface area is 128 Å². The number of aromatic hydroxyl groups is 2. The van der Waals surface area contributed by atoms with Gasteiger partial charge in [-0.3, -0.25) is 4.79 Å². The Kier molecular flexibility index (Phi) is 5.07. The van der Waals surface area contributed by atoms with E-state index in [9.17, 15) is 24.9 Å². The number of phenolic OH excluding ortho intramolecular Hbond substituents is 2. The van der Waals surface area contributed by atoms with Crippen LogP contribution in [-0.4, -0.2) is 32.2 Å². The molecule has 0 saturated heterocycles. The van der Waals surface area contributed by atoms with Gasteiger partial charge in [-0.2, -0.15) is 0 Å². The topological polar surface area (TPSA) is 141 Å². The Morgan fingerprint density at radius 2 is 1.71 bits per heavy atom. The lowest BCUT2D eigenvalue weighted by molar-refractivity contribution is -0.146. The minimum absolute atomic E-state index is 0.162. The van der Waals surface area contributed by atoms with Crippen LogP contribution in [0.2, 0.25) is 5.02 Å². The fourth-order valence-corrected chi connectivity index (χ4v) is 1.69. The first-order chi connectivity index (χ1) is 9.65. The van der Waals surface area contributed by atoms with Crippen LogP contribution in [0.15, 0.2) is 23.3 Å². The molecule has 1 aromatic carbocycles. The number of nitrogens with two attached hydrogens (primary N) is 1. The third-order valence-corrected chi connectivity index (χ3v) is 2.80. The van der Waals surface area contributed by atoms with Crippen LogP contribution >= 0.6 is 23.2 Å². The lowest BCUT2D eigenvalue weighted by Crippen LogP contribution is -2.08. The molecule has 112 valence electrons. The molecule has 21 heavy (non-hydrogen) atoms. The number of allylic oxidation sites excluding steroid dienone is 2. The van der Waals surface area contributed by atoms with Crippen molar-refractivity contribution >= 4 is 46.4 Å². The van der Waals surface area contributed by atoms with Crippen LogP contribution in [-0.2, 0) is 9.59 Å². The first-order valence-electron chi connectivity index (χ1n) is 5.20. The molecule has 1 rings (SSSR count). The molecular weight excluding hydrogens is 325 g/mol. The summed E-state index contributed by atoms with van der Waals surface area (Å²) in [4.78, 5) is 21.2. The molecule has 0 aliphatic rings. The SMILES string of the molecule is Nc1c(C(O)=CC(Cl)=CC(=O)C(=O)O)cc(Cl)c(O)c1O. The van der Waals surface area contributed by atoms with Gasteiger partial charge in [0.1, 0.15) is 5.76 Å². The smallest absolute Gasteiger partial charge is 0.376 e. The molecule has 9 heteroatoms. The van der Waals surface area contributed by atoms with Crippen molar-refractivity contribution in [1.82, 2.24) is 0 Å². The Balaban J connectivity index is 3.26. The van der Waals surface area contributed by atoms with Crippen molar-refractivity contribution in [3.8, 4) is 11.5 Å². The summed E-state index contributed by atoms with van der Waals surface area (Å²) >= 11 is 11.2. The number of aliphatic carboxylic acids is 1. The molecule has 0 atom stereocenters. The zero-order valence-electron chi connectivity index (χ0n) is 10.2. The summed E-state index contributed by atoms with van der Waals surface area (Å²) in [6, 6.07) is 1.06. The number of benzene rings is 1. The molecule has 0 aliphatic heterocycles. The molecule has 0 fully saturated rings. The van der Waals surface area contributed by atoms with Gasteiger partial charge in [-0.25, -0.2) is 4.79 Å². The van der Waals surface area contributed by atoms with E-state index in [1.165, 1.54) is 0 Å². The van der Waals surface area contributed by atoms with Crippen molar-refractivity contribution in [2.75, 3.05) is 5.73 Å². The molecule has 0 saturated carbocycles. The molecule has 7 nitrogen and oxygen atoms in total. The van der Waals surface area contributed by atoms with Crippen LogP contribution in [0.25, 0.3) is 5.76 Å². The lowest BCUT2D eigenvalue weighted by atomic mass is 10.1. The highest BCUT2D eigenvalue weighted by atomic mass is 35.5. The molecule has 0 aliphatic carbocycles. The third-order valence-electron chi connectivity index (χ3n) is 2.30. The third kappa shape index (κ3) is 3.80. The normalized spacial score (nSPS) is 12.3. The molecular formula is C12H9Cl2NO6. The van der Waals surface area contributed by atoms with Gasteiger partial charge in [0.2, 0.25) is 0 Å². The molecule has 0 bridgehead atoms. The van der Waals surface area contributed by atoms with Crippen LogP contribution in [0, 0.1) is 0 Å². The predicted molar refractivity (Wildman–Crippen MR) is 76.4 cm³/mol. The monoisotopic (exact) mass is 333 g/mol. The Morgan fingerprint density at radius 1 is 1.14 bits per heavy atom. The molecule has 0 heterocycles. The van der Waals surface area contributed by atoms with Crippen molar-refractivity contribution in [1.29, 1.82) is 0 Å². The number of carboxylic acid groups (broad SMARTS) is 1. The number of carboxylic acids is 1. The Bertz CT molecular complexity index is 681. The van der Waals surface area contributed by atoms with Gasteiger partial charge in [0.05, 0.1) is 10.7 Å². The van der Waals surface area contributed by atoms with Gasteiger partial charge < -0.3 is 26.2 Å². The lowest BCUT2D eigenvalue weighted by Gasteiger charge is -2.09. The van der Waals surface area contributed by atoms with E-state index in [0.717, 1.165) is 12.1 Å². The van der Waals surface area contributed by atoms with E-state index in [-0.39, 0.29) is 21.3 Å². The quantitative estimate of drug-likeness (QED) is 0.142. The first-order valence-corrected chi connectivity index (χ1v) is 5.96.